The number of nitrogens with zero attached hydrogens (tertiary/aromatic N) is 1. The highest BCUT2D eigenvalue weighted by atomic mass is 19.4. The number of nitrogens with one attached hydrogen (secondary N) is 1. The topological polar surface area (TPSA) is 75.4 Å². The van der Waals surface area contributed by atoms with E-state index in [2.05, 4.69) is 5.32 Å². The molecule has 3 N–H and O–H groups in total. The van der Waals surface area contributed by atoms with Crippen LogP contribution >= 0.6 is 0 Å². The van der Waals surface area contributed by atoms with Gasteiger partial charge in [0.25, 0.3) is 0 Å². The van der Waals surface area contributed by atoms with Gasteiger partial charge in [-0.15, -0.1) is 0 Å². The summed E-state index contributed by atoms with van der Waals surface area (Å²) in [6.07, 6.45) is -3.99. The minimum absolute atomic E-state index is 0.0338. The van der Waals surface area contributed by atoms with Crippen molar-refractivity contribution < 1.29 is 22.8 Å². The van der Waals surface area contributed by atoms with E-state index < -0.39 is 18.1 Å². The number of amides is 2. The van der Waals surface area contributed by atoms with Crippen LogP contribution in [0.5, 0.6) is 0 Å². The SMILES string of the molecule is Cc1ccc(C(N)C(=O)NCC2CCN(C(=O)C(F)(F)F)CC2)cc1. The summed E-state index contributed by atoms with van der Waals surface area (Å²) >= 11 is 0. The Kier molecular flexibility index (Phi) is 6.05. The Hall–Kier alpha value is -2.09. The third kappa shape index (κ3) is 5.19. The smallest absolute Gasteiger partial charge is 0.354 e. The third-order valence-electron chi connectivity index (χ3n) is 4.43. The van der Waals surface area contributed by atoms with Crippen molar-refractivity contribution >= 4 is 11.8 Å². The predicted molar refractivity (Wildman–Crippen MR) is 86.5 cm³/mol. The van der Waals surface area contributed by atoms with Gasteiger partial charge in [-0.05, 0) is 31.2 Å². The molecule has 0 aliphatic carbocycles. The van der Waals surface area contributed by atoms with Gasteiger partial charge in [-0.1, -0.05) is 29.8 Å². The van der Waals surface area contributed by atoms with Crippen molar-refractivity contribution in [3.8, 4) is 0 Å². The maximum Gasteiger partial charge on any atom is 0.471 e. The highest BCUT2D eigenvalue weighted by molar-refractivity contribution is 5.83. The minimum Gasteiger partial charge on any atom is -0.354 e. The lowest BCUT2D eigenvalue weighted by Gasteiger charge is -2.32. The van der Waals surface area contributed by atoms with E-state index in [9.17, 15) is 22.8 Å². The van der Waals surface area contributed by atoms with Gasteiger partial charge in [0.15, 0.2) is 0 Å². The van der Waals surface area contributed by atoms with Crippen LogP contribution in [0.15, 0.2) is 24.3 Å². The Morgan fingerprint density at radius 3 is 2.32 bits per heavy atom. The standard InChI is InChI=1S/C17H22F3N3O2/c1-11-2-4-13(5-3-11)14(21)15(24)22-10-12-6-8-23(9-7-12)16(25)17(18,19)20/h2-5,12,14H,6-10,21H2,1H3,(H,22,24). The number of alkyl halides is 3. The third-order valence-corrected chi connectivity index (χ3v) is 4.43. The van der Waals surface area contributed by atoms with Crippen LogP contribution in [-0.4, -0.2) is 42.5 Å². The molecule has 2 rings (SSSR count). The number of aryl methyl sites for hydroxylation is 1. The van der Waals surface area contributed by atoms with Gasteiger partial charge in [0.2, 0.25) is 5.91 Å². The number of nitrogens with two attached hydrogens (primary N) is 1. The zero-order chi connectivity index (χ0) is 18.6. The van der Waals surface area contributed by atoms with Crippen molar-refractivity contribution in [2.45, 2.75) is 32.0 Å². The van der Waals surface area contributed by atoms with Gasteiger partial charge in [-0.3, -0.25) is 9.59 Å². The molecule has 1 fully saturated rings. The molecule has 8 heteroatoms. The van der Waals surface area contributed by atoms with Gasteiger partial charge in [-0.2, -0.15) is 13.2 Å². The molecule has 1 heterocycles. The second-order valence-corrected chi connectivity index (χ2v) is 6.37. The summed E-state index contributed by atoms with van der Waals surface area (Å²) in [7, 11) is 0. The molecule has 1 aromatic rings. The Bertz CT molecular complexity index is 609. The monoisotopic (exact) mass is 357 g/mol. The van der Waals surface area contributed by atoms with Gasteiger partial charge >= 0.3 is 12.1 Å². The van der Waals surface area contributed by atoms with E-state index >= 15 is 0 Å². The molecular weight excluding hydrogens is 335 g/mol. The zero-order valence-corrected chi connectivity index (χ0v) is 14.0. The van der Waals surface area contributed by atoms with Crippen LogP contribution < -0.4 is 11.1 Å². The van der Waals surface area contributed by atoms with Crippen molar-refractivity contribution in [1.82, 2.24) is 10.2 Å². The molecule has 0 spiro atoms. The lowest BCUT2D eigenvalue weighted by molar-refractivity contribution is -0.186. The number of hydrogen-bond acceptors (Lipinski definition) is 3. The molecule has 138 valence electrons. The fraction of sp³-hybridized carbons (Fsp3) is 0.529. The maximum absolute atomic E-state index is 12.4. The van der Waals surface area contributed by atoms with E-state index in [-0.39, 0.29) is 24.9 Å². The number of piperidine rings is 1. The summed E-state index contributed by atoms with van der Waals surface area (Å²) in [5.41, 5.74) is 7.69. The van der Waals surface area contributed by atoms with E-state index in [0.29, 0.717) is 24.9 Å². The number of carbonyl (C=O) groups excluding carboxylic acids is 2. The highest BCUT2D eigenvalue weighted by Crippen LogP contribution is 2.23. The maximum atomic E-state index is 12.4. The van der Waals surface area contributed by atoms with Gasteiger partial charge in [0, 0.05) is 19.6 Å². The van der Waals surface area contributed by atoms with Crippen molar-refractivity contribution in [3.63, 3.8) is 0 Å². The first-order chi connectivity index (χ1) is 11.7. The summed E-state index contributed by atoms with van der Waals surface area (Å²) in [5.74, 6) is -2.08. The summed E-state index contributed by atoms with van der Waals surface area (Å²) in [6.45, 7) is 2.36. The van der Waals surface area contributed by atoms with Gasteiger partial charge in [0.1, 0.15) is 6.04 Å². The lowest BCUT2D eigenvalue weighted by Crippen LogP contribution is -2.47. The Labute approximate surface area is 144 Å². The molecular formula is C17H22F3N3O2. The molecule has 5 nitrogen and oxygen atoms in total. The fourth-order valence-electron chi connectivity index (χ4n) is 2.80. The molecule has 1 unspecified atom stereocenters. The number of carbonyl (C=O) groups is 2. The molecule has 25 heavy (non-hydrogen) atoms. The molecule has 0 aromatic heterocycles. The molecule has 1 aliphatic heterocycles. The average molecular weight is 357 g/mol. The van der Waals surface area contributed by atoms with Gasteiger partial charge in [-0.25, -0.2) is 0 Å². The summed E-state index contributed by atoms with van der Waals surface area (Å²) in [6, 6.07) is 6.54. The first-order valence-electron chi connectivity index (χ1n) is 8.14. The minimum atomic E-state index is -4.83. The van der Waals surface area contributed by atoms with E-state index in [1.165, 1.54) is 0 Å². The average Bonchev–Trinajstić information content (AvgIpc) is 2.58. The summed E-state index contributed by atoms with van der Waals surface area (Å²) in [4.78, 5) is 24.1. The molecule has 0 bridgehead atoms. The number of rotatable bonds is 4. The molecule has 1 aliphatic rings. The number of halogens is 3. The second-order valence-electron chi connectivity index (χ2n) is 6.37. The Balaban J connectivity index is 1.78. The van der Waals surface area contributed by atoms with Crippen LogP contribution in [0.1, 0.15) is 30.0 Å². The first kappa shape index (κ1) is 19.2. The van der Waals surface area contributed by atoms with E-state index in [1.807, 2.05) is 19.1 Å². The predicted octanol–water partition coefficient (Wildman–Crippen LogP) is 1.91. The number of likely N-dealkylation sites (tertiary alicyclic amines) is 1. The second kappa shape index (κ2) is 7.86. The van der Waals surface area contributed by atoms with Gasteiger partial charge in [0.05, 0.1) is 0 Å². The van der Waals surface area contributed by atoms with Crippen molar-refractivity contribution in [2.75, 3.05) is 19.6 Å². The van der Waals surface area contributed by atoms with Crippen LogP contribution in [-0.2, 0) is 9.59 Å². The van der Waals surface area contributed by atoms with Crippen LogP contribution in [0.4, 0.5) is 13.2 Å². The van der Waals surface area contributed by atoms with Crippen LogP contribution in [0.3, 0.4) is 0 Å². The van der Waals surface area contributed by atoms with E-state index in [1.54, 1.807) is 12.1 Å². The van der Waals surface area contributed by atoms with E-state index in [0.717, 1.165) is 10.5 Å². The van der Waals surface area contributed by atoms with Crippen LogP contribution in [0.2, 0.25) is 0 Å². The molecule has 0 saturated carbocycles. The molecule has 1 atom stereocenters. The first-order valence-corrected chi connectivity index (χ1v) is 8.14. The molecule has 0 radical (unpaired) electrons. The van der Waals surface area contributed by atoms with Crippen molar-refractivity contribution in [2.24, 2.45) is 11.7 Å². The molecule has 2 amide bonds. The number of benzene rings is 1. The van der Waals surface area contributed by atoms with Gasteiger partial charge < -0.3 is 16.0 Å². The fourth-order valence-corrected chi connectivity index (χ4v) is 2.80. The molecule has 1 aromatic carbocycles. The van der Waals surface area contributed by atoms with Crippen molar-refractivity contribution in [1.29, 1.82) is 0 Å². The quantitative estimate of drug-likeness (QED) is 0.864. The lowest BCUT2D eigenvalue weighted by atomic mass is 9.96. The normalized spacial score (nSPS) is 17.2. The highest BCUT2D eigenvalue weighted by Gasteiger charge is 2.43. The van der Waals surface area contributed by atoms with E-state index in [4.69, 9.17) is 5.73 Å². The largest absolute Gasteiger partial charge is 0.471 e. The Morgan fingerprint density at radius 1 is 1.24 bits per heavy atom. The number of hydrogen-bond donors (Lipinski definition) is 2. The molecule has 1 saturated heterocycles. The zero-order valence-electron chi connectivity index (χ0n) is 14.0. The Morgan fingerprint density at radius 2 is 1.80 bits per heavy atom. The van der Waals surface area contributed by atoms with Crippen LogP contribution in [0.25, 0.3) is 0 Å². The summed E-state index contributed by atoms with van der Waals surface area (Å²) in [5, 5.41) is 2.75. The van der Waals surface area contributed by atoms with Crippen molar-refractivity contribution in [3.05, 3.63) is 35.4 Å². The summed E-state index contributed by atoms with van der Waals surface area (Å²) < 4.78 is 37.2. The van der Waals surface area contributed by atoms with Crippen LogP contribution in [0, 0.1) is 12.8 Å².